The number of rotatable bonds is 10. The van der Waals surface area contributed by atoms with E-state index < -0.39 is 0 Å². The lowest BCUT2D eigenvalue weighted by atomic mass is 10.0. The van der Waals surface area contributed by atoms with Gasteiger partial charge in [-0.3, -0.25) is 9.69 Å². The van der Waals surface area contributed by atoms with Crippen molar-refractivity contribution in [3.05, 3.63) is 0 Å². The van der Waals surface area contributed by atoms with Gasteiger partial charge in [0.15, 0.2) is 0 Å². The molecule has 27 heavy (non-hydrogen) atoms. The lowest BCUT2D eigenvalue weighted by Gasteiger charge is -2.38. The van der Waals surface area contributed by atoms with Crippen molar-refractivity contribution in [1.82, 2.24) is 20.4 Å². The monoisotopic (exact) mass is 382 g/mol. The molecule has 158 valence electrons. The molecule has 0 aromatic rings. The Morgan fingerprint density at radius 1 is 1.00 bits per heavy atom. The van der Waals surface area contributed by atoms with Crippen molar-refractivity contribution in [3.63, 3.8) is 0 Å². The Balaban J connectivity index is 1.56. The molecule has 2 saturated heterocycles. The van der Waals surface area contributed by atoms with Gasteiger partial charge in [-0.2, -0.15) is 0 Å². The van der Waals surface area contributed by atoms with Crippen LogP contribution in [0.3, 0.4) is 0 Å². The van der Waals surface area contributed by atoms with Crippen molar-refractivity contribution in [2.24, 2.45) is 0 Å². The third-order valence-electron chi connectivity index (χ3n) is 5.98. The molecule has 0 aromatic carbocycles. The zero-order valence-corrected chi connectivity index (χ0v) is 18.0. The average molecular weight is 383 g/mol. The van der Waals surface area contributed by atoms with E-state index in [4.69, 9.17) is 4.74 Å². The number of nitrogens with zero attached hydrogens (tertiary/aromatic N) is 2. The number of hydrogen-bond acceptors (Lipinski definition) is 5. The summed E-state index contributed by atoms with van der Waals surface area (Å²) >= 11 is 0. The quantitative estimate of drug-likeness (QED) is 0.565. The molecule has 2 N–H and O–H groups in total. The summed E-state index contributed by atoms with van der Waals surface area (Å²) in [5.41, 5.74) is 0. The number of amides is 1. The third-order valence-corrected chi connectivity index (χ3v) is 5.98. The van der Waals surface area contributed by atoms with E-state index in [2.05, 4.69) is 48.1 Å². The summed E-state index contributed by atoms with van der Waals surface area (Å²) in [4.78, 5) is 16.9. The van der Waals surface area contributed by atoms with Crippen LogP contribution in [0.15, 0.2) is 0 Å². The zero-order valence-electron chi connectivity index (χ0n) is 18.0. The van der Waals surface area contributed by atoms with E-state index >= 15 is 0 Å². The summed E-state index contributed by atoms with van der Waals surface area (Å²) in [6.07, 6.45) is 6.46. The van der Waals surface area contributed by atoms with Gasteiger partial charge in [0.25, 0.3) is 0 Å². The highest BCUT2D eigenvalue weighted by atomic mass is 16.5. The zero-order chi connectivity index (χ0) is 19.6. The van der Waals surface area contributed by atoms with E-state index in [0.29, 0.717) is 37.4 Å². The van der Waals surface area contributed by atoms with Crippen LogP contribution in [0.1, 0.15) is 59.8 Å². The van der Waals surface area contributed by atoms with Crippen LogP contribution < -0.4 is 10.6 Å². The lowest BCUT2D eigenvalue weighted by molar-refractivity contribution is -0.123. The van der Waals surface area contributed by atoms with Crippen molar-refractivity contribution in [1.29, 1.82) is 0 Å². The molecule has 0 saturated carbocycles. The summed E-state index contributed by atoms with van der Waals surface area (Å²) in [6, 6.07) is 1.16. The first-order chi connectivity index (χ1) is 13.0. The van der Waals surface area contributed by atoms with Crippen LogP contribution >= 0.6 is 0 Å². The molecular formula is C21H42N4O2. The molecular weight excluding hydrogens is 340 g/mol. The Hall–Kier alpha value is -0.690. The van der Waals surface area contributed by atoms with Crippen LogP contribution in [0.4, 0.5) is 0 Å². The van der Waals surface area contributed by atoms with E-state index in [9.17, 15) is 4.79 Å². The van der Waals surface area contributed by atoms with Crippen molar-refractivity contribution < 1.29 is 9.53 Å². The van der Waals surface area contributed by atoms with Gasteiger partial charge < -0.3 is 20.3 Å². The van der Waals surface area contributed by atoms with E-state index in [1.165, 1.54) is 19.5 Å². The summed E-state index contributed by atoms with van der Waals surface area (Å²) < 4.78 is 6.39. The van der Waals surface area contributed by atoms with Gasteiger partial charge in [-0.05, 0) is 39.0 Å². The minimum absolute atomic E-state index is 0.136. The molecule has 2 rings (SSSR count). The number of ether oxygens (including phenoxy) is 1. The van der Waals surface area contributed by atoms with Gasteiger partial charge in [-0.15, -0.1) is 0 Å². The first kappa shape index (κ1) is 22.6. The number of nitrogens with one attached hydrogen (secondary N) is 2. The van der Waals surface area contributed by atoms with Crippen molar-refractivity contribution in [2.75, 3.05) is 45.8 Å². The highest BCUT2D eigenvalue weighted by Gasteiger charge is 2.27. The second-order valence-electron chi connectivity index (χ2n) is 8.56. The Labute approximate surface area is 166 Å². The van der Waals surface area contributed by atoms with Gasteiger partial charge in [0.05, 0.1) is 18.8 Å². The molecule has 6 nitrogen and oxygen atoms in total. The molecule has 0 aliphatic carbocycles. The van der Waals surface area contributed by atoms with Crippen LogP contribution in [0.2, 0.25) is 0 Å². The number of carbonyl (C=O) groups is 1. The molecule has 0 bridgehead atoms. The van der Waals surface area contributed by atoms with Gasteiger partial charge in [-0.1, -0.05) is 20.8 Å². The molecule has 2 aliphatic rings. The van der Waals surface area contributed by atoms with E-state index in [1.807, 2.05) is 0 Å². The van der Waals surface area contributed by atoms with Gasteiger partial charge in [0, 0.05) is 51.4 Å². The van der Waals surface area contributed by atoms with Crippen LogP contribution in [-0.2, 0) is 9.53 Å². The number of hydrogen-bond donors (Lipinski definition) is 2. The van der Waals surface area contributed by atoms with Crippen molar-refractivity contribution in [2.45, 2.75) is 84.1 Å². The largest absolute Gasteiger partial charge is 0.375 e. The lowest BCUT2D eigenvalue weighted by Crippen LogP contribution is -2.46. The van der Waals surface area contributed by atoms with Gasteiger partial charge in [-0.25, -0.2) is 0 Å². The Morgan fingerprint density at radius 3 is 2.15 bits per heavy atom. The highest BCUT2D eigenvalue weighted by Crippen LogP contribution is 2.22. The normalized spacial score (nSPS) is 22.3. The molecule has 1 unspecified atom stereocenters. The molecule has 2 aliphatic heterocycles. The summed E-state index contributed by atoms with van der Waals surface area (Å²) in [5, 5.41) is 6.31. The summed E-state index contributed by atoms with van der Waals surface area (Å²) in [6.45, 7) is 15.1. The van der Waals surface area contributed by atoms with Crippen molar-refractivity contribution in [3.8, 4) is 0 Å². The Morgan fingerprint density at radius 2 is 1.59 bits per heavy atom. The fraction of sp³-hybridized carbons (Fsp3) is 0.952. The minimum atomic E-state index is 0.136. The molecule has 0 aromatic heterocycles. The maximum absolute atomic E-state index is 12.0. The Kier molecular flexibility index (Phi) is 10.0. The smallest absolute Gasteiger partial charge is 0.234 e. The SMILES string of the molecule is CCC(C)N1CCC(OC2CCN(CC(=O)NCCNC(C)C)CC2)CC1. The maximum atomic E-state index is 12.0. The summed E-state index contributed by atoms with van der Waals surface area (Å²) in [5.74, 6) is 0.136. The summed E-state index contributed by atoms with van der Waals surface area (Å²) in [7, 11) is 0. The number of piperidine rings is 2. The average Bonchev–Trinajstić information content (AvgIpc) is 2.66. The molecule has 0 spiro atoms. The van der Waals surface area contributed by atoms with E-state index in [0.717, 1.165) is 45.3 Å². The molecule has 2 fully saturated rings. The third kappa shape index (κ3) is 8.46. The predicted molar refractivity (Wildman–Crippen MR) is 111 cm³/mol. The van der Waals surface area contributed by atoms with Gasteiger partial charge >= 0.3 is 0 Å². The maximum Gasteiger partial charge on any atom is 0.234 e. The minimum Gasteiger partial charge on any atom is -0.375 e. The van der Waals surface area contributed by atoms with Crippen molar-refractivity contribution >= 4 is 5.91 Å². The molecule has 1 atom stereocenters. The predicted octanol–water partition coefficient (Wildman–Crippen LogP) is 1.84. The highest BCUT2D eigenvalue weighted by molar-refractivity contribution is 5.78. The van der Waals surface area contributed by atoms with E-state index in [-0.39, 0.29) is 5.91 Å². The second-order valence-corrected chi connectivity index (χ2v) is 8.56. The molecule has 6 heteroatoms. The second kappa shape index (κ2) is 12.0. The van der Waals surface area contributed by atoms with Crippen LogP contribution in [0.25, 0.3) is 0 Å². The topological polar surface area (TPSA) is 56.8 Å². The number of carbonyl (C=O) groups excluding carboxylic acids is 1. The molecule has 0 radical (unpaired) electrons. The Bertz CT molecular complexity index is 416. The van der Waals surface area contributed by atoms with Gasteiger partial charge in [0.2, 0.25) is 5.91 Å². The first-order valence-corrected chi connectivity index (χ1v) is 11.1. The van der Waals surface area contributed by atoms with Gasteiger partial charge in [0.1, 0.15) is 0 Å². The number of likely N-dealkylation sites (tertiary alicyclic amines) is 2. The fourth-order valence-corrected chi connectivity index (χ4v) is 4.01. The van der Waals surface area contributed by atoms with E-state index in [1.54, 1.807) is 0 Å². The van der Waals surface area contributed by atoms with Crippen LogP contribution in [-0.4, -0.2) is 85.8 Å². The van der Waals surface area contributed by atoms with Crippen LogP contribution in [0, 0.1) is 0 Å². The van der Waals surface area contributed by atoms with Crippen LogP contribution in [0.5, 0.6) is 0 Å². The standard InChI is InChI=1S/C21H42N4O2/c1-5-18(4)25-14-8-20(9-15-25)27-19-6-12-24(13-7-19)16-21(26)23-11-10-22-17(2)3/h17-20,22H,5-16H2,1-4H3,(H,23,26). The molecule has 2 heterocycles. The molecule has 1 amide bonds. The first-order valence-electron chi connectivity index (χ1n) is 11.1. The fourth-order valence-electron chi connectivity index (χ4n) is 4.01.